The molecule has 1 rings (SSSR count). The van der Waals surface area contributed by atoms with E-state index < -0.39 is 5.97 Å². The highest BCUT2D eigenvalue weighted by Gasteiger charge is 2.13. The SMILES string of the molecule is CC(C)=CCc1c(Br)ccc(C(=O)O)c1N. The Labute approximate surface area is 103 Å². The van der Waals surface area contributed by atoms with Gasteiger partial charge in [-0.15, -0.1) is 0 Å². The van der Waals surface area contributed by atoms with Crippen molar-refractivity contribution in [3.63, 3.8) is 0 Å². The van der Waals surface area contributed by atoms with E-state index in [1.807, 2.05) is 19.9 Å². The molecule has 0 unspecified atom stereocenters. The van der Waals surface area contributed by atoms with Crippen molar-refractivity contribution in [3.05, 3.63) is 39.4 Å². The summed E-state index contributed by atoms with van der Waals surface area (Å²) in [5, 5.41) is 8.95. The van der Waals surface area contributed by atoms with Crippen molar-refractivity contribution in [3.8, 4) is 0 Å². The zero-order chi connectivity index (χ0) is 12.3. The van der Waals surface area contributed by atoms with Crippen LogP contribution in [0.1, 0.15) is 29.8 Å². The second-order valence-electron chi connectivity index (χ2n) is 3.78. The summed E-state index contributed by atoms with van der Waals surface area (Å²) in [5.74, 6) is -0.997. The highest BCUT2D eigenvalue weighted by Crippen LogP contribution is 2.27. The van der Waals surface area contributed by atoms with Crippen LogP contribution in [-0.2, 0) is 6.42 Å². The van der Waals surface area contributed by atoms with Crippen LogP contribution >= 0.6 is 15.9 Å². The summed E-state index contributed by atoms with van der Waals surface area (Å²) in [6.45, 7) is 3.98. The molecule has 0 aromatic heterocycles. The zero-order valence-corrected chi connectivity index (χ0v) is 10.8. The number of rotatable bonds is 3. The van der Waals surface area contributed by atoms with Gasteiger partial charge in [0.15, 0.2) is 0 Å². The third-order valence-corrected chi connectivity index (χ3v) is 2.99. The third kappa shape index (κ3) is 2.85. The van der Waals surface area contributed by atoms with Gasteiger partial charge in [-0.25, -0.2) is 4.79 Å². The Bertz CT molecular complexity index is 449. The normalized spacial score (nSPS) is 9.94. The number of aromatic carboxylic acids is 1. The highest BCUT2D eigenvalue weighted by molar-refractivity contribution is 9.10. The molecule has 0 aliphatic heterocycles. The summed E-state index contributed by atoms with van der Waals surface area (Å²) >= 11 is 3.38. The lowest BCUT2D eigenvalue weighted by Crippen LogP contribution is -2.05. The fraction of sp³-hybridized carbons (Fsp3) is 0.250. The lowest BCUT2D eigenvalue weighted by atomic mass is 10.0. The maximum Gasteiger partial charge on any atom is 0.337 e. The molecule has 1 aromatic rings. The molecule has 0 saturated carbocycles. The van der Waals surface area contributed by atoms with Crippen molar-refractivity contribution < 1.29 is 9.90 Å². The molecule has 1 aromatic carbocycles. The van der Waals surface area contributed by atoms with Crippen molar-refractivity contribution >= 4 is 27.6 Å². The van der Waals surface area contributed by atoms with Gasteiger partial charge in [-0.2, -0.15) is 0 Å². The monoisotopic (exact) mass is 283 g/mol. The number of hydrogen-bond donors (Lipinski definition) is 2. The number of nitrogens with two attached hydrogens (primary N) is 1. The second kappa shape index (κ2) is 5.16. The summed E-state index contributed by atoms with van der Waals surface area (Å²) in [6.07, 6.45) is 2.65. The topological polar surface area (TPSA) is 63.3 Å². The molecule has 86 valence electrons. The second-order valence-corrected chi connectivity index (χ2v) is 4.63. The molecule has 0 heterocycles. The lowest BCUT2D eigenvalue weighted by Gasteiger charge is -2.09. The van der Waals surface area contributed by atoms with Crippen LogP contribution in [0.15, 0.2) is 28.3 Å². The van der Waals surface area contributed by atoms with Crippen molar-refractivity contribution in [1.82, 2.24) is 0 Å². The van der Waals surface area contributed by atoms with E-state index in [0.717, 1.165) is 10.0 Å². The van der Waals surface area contributed by atoms with E-state index in [1.165, 1.54) is 11.6 Å². The van der Waals surface area contributed by atoms with Crippen LogP contribution in [0.2, 0.25) is 0 Å². The van der Waals surface area contributed by atoms with Gasteiger partial charge in [0.2, 0.25) is 0 Å². The van der Waals surface area contributed by atoms with Gasteiger partial charge in [-0.05, 0) is 38.0 Å². The predicted octanol–water partition coefficient (Wildman–Crippen LogP) is 3.24. The molecule has 4 heteroatoms. The predicted molar refractivity (Wildman–Crippen MR) is 68.6 cm³/mol. The van der Waals surface area contributed by atoms with E-state index in [0.29, 0.717) is 12.1 Å². The third-order valence-electron chi connectivity index (χ3n) is 2.24. The number of anilines is 1. The summed E-state index contributed by atoms with van der Waals surface area (Å²) in [5.41, 5.74) is 8.31. The first kappa shape index (κ1) is 12.8. The van der Waals surface area contributed by atoms with Gasteiger partial charge in [0, 0.05) is 4.47 Å². The molecule has 0 aliphatic rings. The van der Waals surface area contributed by atoms with Crippen LogP contribution in [0.4, 0.5) is 5.69 Å². The van der Waals surface area contributed by atoms with Gasteiger partial charge in [-0.1, -0.05) is 27.6 Å². The number of halogens is 1. The first-order valence-electron chi connectivity index (χ1n) is 4.87. The molecule has 0 spiro atoms. The quantitative estimate of drug-likeness (QED) is 0.661. The van der Waals surface area contributed by atoms with E-state index in [9.17, 15) is 4.79 Å². The van der Waals surface area contributed by atoms with Crippen molar-refractivity contribution in [1.29, 1.82) is 0 Å². The van der Waals surface area contributed by atoms with Gasteiger partial charge < -0.3 is 10.8 Å². The average molecular weight is 284 g/mol. The molecule has 0 radical (unpaired) electrons. The van der Waals surface area contributed by atoms with E-state index in [-0.39, 0.29) is 5.56 Å². The van der Waals surface area contributed by atoms with Gasteiger partial charge in [-0.3, -0.25) is 0 Å². The molecule has 0 aliphatic carbocycles. The minimum Gasteiger partial charge on any atom is -0.478 e. The average Bonchev–Trinajstić information content (AvgIpc) is 2.16. The molecule has 16 heavy (non-hydrogen) atoms. The first-order valence-corrected chi connectivity index (χ1v) is 5.66. The maximum atomic E-state index is 10.9. The van der Waals surface area contributed by atoms with Crippen LogP contribution in [0.3, 0.4) is 0 Å². The fourth-order valence-electron chi connectivity index (χ4n) is 1.34. The number of carboxylic acids is 1. The molecule has 3 nitrogen and oxygen atoms in total. The number of nitrogen functional groups attached to an aromatic ring is 1. The fourth-order valence-corrected chi connectivity index (χ4v) is 1.85. The number of carbonyl (C=O) groups is 1. The van der Waals surface area contributed by atoms with Gasteiger partial charge >= 0.3 is 5.97 Å². The Hall–Kier alpha value is -1.29. The van der Waals surface area contributed by atoms with Crippen LogP contribution in [0.5, 0.6) is 0 Å². The summed E-state index contributed by atoms with van der Waals surface area (Å²) in [7, 11) is 0. The minimum absolute atomic E-state index is 0.153. The smallest absolute Gasteiger partial charge is 0.337 e. The van der Waals surface area contributed by atoms with E-state index >= 15 is 0 Å². The molecule has 0 saturated heterocycles. The summed E-state index contributed by atoms with van der Waals surface area (Å²) in [4.78, 5) is 10.9. The van der Waals surface area contributed by atoms with E-state index in [1.54, 1.807) is 6.07 Å². The van der Waals surface area contributed by atoms with Crippen LogP contribution in [0.25, 0.3) is 0 Å². The Morgan fingerprint density at radius 3 is 2.62 bits per heavy atom. The van der Waals surface area contributed by atoms with Crippen LogP contribution < -0.4 is 5.73 Å². The molecule has 0 amide bonds. The Kier molecular flexibility index (Phi) is 4.12. The molecule has 0 fully saturated rings. The molecule has 3 N–H and O–H groups in total. The van der Waals surface area contributed by atoms with E-state index in [4.69, 9.17) is 10.8 Å². The van der Waals surface area contributed by atoms with Gasteiger partial charge in [0.1, 0.15) is 0 Å². The number of hydrogen-bond acceptors (Lipinski definition) is 2. The van der Waals surface area contributed by atoms with Crippen LogP contribution in [0, 0.1) is 0 Å². The lowest BCUT2D eigenvalue weighted by molar-refractivity contribution is 0.0698. The largest absolute Gasteiger partial charge is 0.478 e. The van der Waals surface area contributed by atoms with Crippen molar-refractivity contribution in [2.45, 2.75) is 20.3 Å². The highest BCUT2D eigenvalue weighted by atomic mass is 79.9. The number of carboxylic acid groups (broad SMARTS) is 1. The van der Waals surface area contributed by atoms with Crippen molar-refractivity contribution in [2.24, 2.45) is 0 Å². The van der Waals surface area contributed by atoms with Crippen LogP contribution in [-0.4, -0.2) is 11.1 Å². The molecular formula is C12H14BrNO2. The van der Waals surface area contributed by atoms with Crippen molar-refractivity contribution in [2.75, 3.05) is 5.73 Å². The molecule has 0 atom stereocenters. The Morgan fingerprint density at radius 1 is 1.50 bits per heavy atom. The van der Waals surface area contributed by atoms with Gasteiger partial charge in [0.05, 0.1) is 11.3 Å². The zero-order valence-electron chi connectivity index (χ0n) is 9.25. The Balaban J connectivity index is 3.21. The minimum atomic E-state index is -0.997. The summed E-state index contributed by atoms with van der Waals surface area (Å²) in [6, 6.07) is 3.22. The standard InChI is InChI=1S/C12H14BrNO2/c1-7(2)3-4-8-10(13)6-5-9(11(8)14)12(15)16/h3,5-6H,4,14H2,1-2H3,(H,15,16). The molecule has 0 bridgehead atoms. The number of allylic oxidation sites excluding steroid dienone is 2. The number of benzene rings is 1. The Morgan fingerprint density at radius 2 is 2.12 bits per heavy atom. The van der Waals surface area contributed by atoms with E-state index in [2.05, 4.69) is 15.9 Å². The molecular weight excluding hydrogens is 270 g/mol. The first-order chi connectivity index (χ1) is 7.43. The summed E-state index contributed by atoms with van der Waals surface area (Å²) < 4.78 is 0.840. The van der Waals surface area contributed by atoms with Gasteiger partial charge in [0.25, 0.3) is 0 Å². The maximum absolute atomic E-state index is 10.9.